The Bertz CT molecular complexity index is 1810. The molecule has 1 saturated heterocycles. The van der Waals surface area contributed by atoms with E-state index in [-0.39, 0.29) is 41.0 Å². The van der Waals surface area contributed by atoms with Gasteiger partial charge in [0.25, 0.3) is 0 Å². The minimum absolute atomic E-state index is 0.0366. The number of nitrogens with zero attached hydrogens (tertiary/aromatic N) is 2. The molecular formula is C35H38FN3O5S. The standard InChI is InChI=1S/C35H38FN3O5S/c1-38-32(25-7-4-23(5-8-25)6-19-34(40)41)21-27-13-18-30(22-33(27)38)45(43,44)37-29-16-11-26(12-17-29)35(42)39-20-2-3-31(39)24-9-14-28(36)15-10-24/h4-5,7-10,13-15,18,21-22,26,29,31,37H,2-3,6,11-12,16-17,19-20H2,1H3,(H,40,41)/t26?,29?,31-/m0/s1. The molecule has 1 saturated carbocycles. The highest BCUT2D eigenvalue weighted by Gasteiger charge is 2.36. The summed E-state index contributed by atoms with van der Waals surface area (Å²) < 4.78 is 45.2. The van der Waals surface area contributed by atoms with E-state index in [1.54, 1.807) is 24.3 Å². The summed E-state index contributed by atoms with van der Waals surface area (Å²) in [5.74, 6) is -1.15. The lowest BCUT2D eigenvalue weighted by Gasteiger charge is -2.33. The lowest BCUT2D eigenvalue weighted by Crippen LogP contribution is -2.42. The zero-order valence-electron chi connectivity index (χ0n) is 25.3. The average molecular weight is 632 g/mol. The lowest BCUT2D eigenvalue weighted by molar-refractivity contribution is -0.138. The Morgan fingerprint density at radius 3 is 2.33 bits per heavy atom. The largest absolute Gasteiger partial charge is 0.481 e. The van der Waals surface area contributed by atoms with Crippen molar-refractivity contribution in [3.63, 3.8) is 0 Å². The van der Waals surface area contributed by atoms with E-state index in [0.717, 1.165) is 46.1 Å². The SMILES string of the molecule is Cn1c(-c2ccc(CCC(=O)O)cc2)cc2ccc(S(=O)(=O)NC3CCC(C(=O)N4CCC[C@H]4c4ccc(F)cc4)CC3)cc21. The topological polar surface area (TPSA) is 109 Å². The molecule has 2 heterocycles. The molecule has 8 nitrogen and oxygen atoms in total. The number of aromatic nitrogens is 1. The number of carboxylic acid groups (broad SMARTS) is 1. The van der Waals surface area contributed by atoms with Gasteiger partial charge in [-0.15, -0.1) is 0 Å². The van der Waals surface area contributed by atoms with E-state index in [2.05, 4.69) is 4.72 Å². The van der Waals surface area contributed by atoms with E-state index < -0.39 is 16.0 Å². The first kappa shape index (κ1) is 31.0. The van der Waals surface area contributed by atoms with Crippen molar-refractivity contribution in [1.82, 2.24) is 14.2 Å². The van der Waals surface area contributed by atoms with Crippen molar-refractivity contribution in [2.45, 2.75) is 68.3 Å². The Morgan fingerprint density at radius 2 is 1.64 bits per heavy atom. The second-order valence-electron chi connectivity index (χ2n) is 12.3. The zero-order chi connectivity index (χ0) is 31.7. The molecule has 1 aliphatic heterocycles. The molecule has 1 aromatic heterocycles. The van der Waals surface area contributed by atoms with Gasteiger partial charge in [-0.2, -0.15) is 0 Å². The number of hydrogen-bond donors (Lipinski definition) is 2. The van der Waals surface area contributed by atoms with Crippen molar-refractivity contribution >= 4 is 32.8 Å². The number of benzene rings is 3. The predicted molar refractivity (Wildman–Crippen MR) is 170 cm³/mol. The van der Waals surface area contributed by atoms with Gasteiger partial charge in [-0.25, -0.2) is 17.5 Å². The smallest absolute Gasteiger partial charge is 0.303 e. The summed E-state index contributed by atoms with van der Waals surface area (Å²) >= 11 is 0. The van der Waals surface area contributed by atoms with E-state index >= 15 is 0 Å². The first-order valence-electron chi connectivity index (χ1n) is 15.6. The van der Waals surface area contributed by atoms with Crippen molar-refractivity contribution < 1.29 is 27.5 Å². The molecule has 236 valence electrons. The molecule has 0 spiro atoms. The van der Waals surface area contributed by atoms with Gasteiger partial charge in [-0.1, -0.05) is 42.5 Å². The lowest BCUT2D eigenvalue weighted by atomic mass is 9.85. The van der Waals surface area contributed by atoms with E-state index in [1.165, 1.54) is 12.1 Å². The quantitative estimate of drug-likeness (QED) is 0.229. The van der Waals surface area contributed by atoms with Gasteiger partial charge >= 0.3 is 5.97 Å². The fraction of sp³-hybridized carbons (Fsp3) is 0.371. The normalized spacial score (nSPS) is 20.5. The number of aliphatic carboxylic acids is 1. The highest BCUT2D eigenvalue weighted by Crippen LogP contribution is 2.36. The number of carbonyl (C=O) groups is 2. The molecule has 4 aromatic rings. The Labute approximate surface area is 262 Å². The van der Waals surface area contributed by atoms with Crippen LogP contribution in [0.25, 0.3) is 22.2 Å². The van der Waals surface area contributed by atoms with Gasteiger partial charge in [0.1, 0.15) is 5.82 Å². The summed E-state index contributed by atoms with van der Waals surface area (Å²) in [5, 5.41) is 9.86. The minimum Gasteiger partial charge on any atom is -0.481 e. The van der Waals surface area contributed by atoms with Gasteiger partial charge in [0.05, 0.1) is 10.9 Å². The summed E-state index contributed by atoms with van der Waals surface area (Å²) in [7, 11) is -1.88. The Morgan fingerprint density at radius 1 is 0.933 bits per heavy atom. The van der Waals surface area contributed by atoms with E-state index in [9.17, 15) is 22.4 Å². The summed E-state index contributed by atoms with van der Waals surface area (Å²) in [6, 6.07) is 21.0. The molecule has 0 unspecified atom stereocenters. The van der Waals surface area contributed by atoms with Crippen LogP contribution in [0.15, 0.2) is 77.7 Å². The monoisotopic (exact) mass is 631 g/mol. The molecule has 1 amide bonds. The number of hydrogen-bond acceptors (Lipinski definition) is 4. The number of aryl methyl sites for hydroxylation is 2. The van der Waals surface area contributed by atoms with Crippen molar-refractivity contribution in [1.29, 1.82) is 0 Å². The minimum atomic E-state index is -3.78. The number of fused-ring (bicyclic) bond motifs is 1. The van der Waals surface area contributed by atoms with Crippen LogP contribution >= 0.6 is 0 Å². The Hall–Kier alpha value is -4.02. The highest BCUT2D eigenvalue weighted by molar-refractivity contribution is 7.89. The number of carboxylic acids is 1. The van der Waals surface area contributed by atoms with Gasteiger partial charge in [0.15, 0.2) is 0 Å². The molecule has 2 aliphatic rings. The van der Waals surface area contributed by atoms with Crippen LogP contribution in [0.2, 0.25) is 0 Å². The highest BCUT2D eigenvalue weighted by atomic mass is 32.2. The molecule has 3 aromatic carbocycles. The fourth-order valence-corrected chi connectivity index (χ4v) is 8.21. The molecule has 1 atom stereocenters. The van der Waals surface area contributed by atoms with Gasteiger partial charge in [0.2, 0.25) is 15.9 Å². The maximum Gasteiger partial charge on any atom is 0.303 e. The molecule has 1 aliphatic carbocycles. The van der Waals surface area contributed by atoms with Gasteiger partial charge < -0.3 is 14.6 Å². The summed E-state index contributed by atoms with van der Waals surface area (Å²) in [6.07, 6.45) is 4.73. The third-order valence-electron chi connectivity index (χ3n) is 9.39. The third-order valence-corrected chi connectivity index (χ3v) is 10.9. The second-order valence-corrected chi connectivity index (χ2v) is 14.0. The maximum absolute atomic E-state index is 13.5. The number of amides is 1. The van der Waals surface area contributed by atoms with Crippen LogP contribution in [0.5, 0.6) is 0 Å². The van der Waals surface area contributed by atoms with Crippen molar-refractivity contribution in [3.8, 4) is 11.3 Å². The Balaban J connectivity index is 1.09. The summed E-state index contributed by atoms with van der Waals surface area (Å²) in [5.41, 5.74) is 4.58. The Kier molecular flexibility index (Phi) is 8.79. The van der Waals surface area contributed by atoms with Crippen LogP contribution in [0.1, 0.15) is 62.1 Å². The van der Waals surface area contributed by atoms with E-state index in [0.29, 0.717) is 38.6 Å². The maximum atomic E-state index is 13.5. The first-order valence-corrected chi connectivity index (χ1v) is 17.1. The summed E-state index contributed by atoms with van der Waals surface area (Å²) in [6.45, 7) is 0.689. The fourth-order valence-electron chi connectivity index (χ4n) is 6.89. The number of sulfonamides is 1. The third kappa shape index (κ3) is 6.67. The molecule has 2 N–H and O–H groups in total. The first-order chi connectivity index (χ1) is 21.6. The number of rotatable bonds is 9. The molecule has 0 bridgehead atoms. The number of halogens is 1. The van der Waals surface area contributed by atoms with Crippen LogP contribution < -0.4 is 4.72 Å². The van der Waals surface area contributed by atoms with Gasteiger partial charge in [0, 0.05) is 48.6 Å². The molecule has 2 fully saturated rings. The van der Waals surface area contributed by atoms with Gasteiger partial charge in [-0.05, 0) is 92.0 Å². The van der Waals surface area contributed by atoms with Crippen molar-refractivity contribution in [2.75, 3.05) is 6.54 Å². The molecule has 0 radical (unpaired) electrons. The molecule has 10 heteroatoms. The number of likely N-dealkylation sites (tertiary alicyclic amines) is 1. The summed E-state index contributed by atoms with van der Waals surface area (Å²) in [4.78, 5) is 26.5. The number of carbonyl (C=O) groups excluding carboxylic acids is 1. The van der Waals surface area contributed by atoms with Crippen LogP contribution in [-0.2, 0) is 33.1 Å². The number of nitrogens with one attached hydrogen (secondary N) is 1. The van der Waals surface area contributed by atoms with E-state index in [4.69, 9.17) is 5.11 Å². The average Bonchev–Trinajstić information content (AvgIpc) is 3.65. The van der Waals surface area contributed by atoms with Crippen molar-refractivity contribution in [2.24, 2.45) is 13.0 Å². The second kappa shape index (κ2) is 12.8. The van der Waals surface area contributed by atoms with Crippen LogP contribution in [0.4, 0.5) is 4.39 Å². The molecule has 45 heavy (non-hydrogen) atoms. The van der Waals surface area contributed by atoms with E-state index in [1.807, 2.05) is 52.9 Å². The zero-order valence-corrected chi connectivity index (χ0v) is 26.1. The van der Waals surface area contributed by atoms with Gasteiger partial charge in [-0.3, -0.25) is 9.59 Å². The predicted octanol–water partition coefficient (Wildman–Crippen LogP) is 6.20. The van der Waals surface area contributed by atoms with Crippen LogP contribution in [-0.4, -0.2) is 47.5 Å². The van der Waals surface area contributed by atoms with Crippen molar-refractivity contribution in [3.05, 3.63) is 89.7 Å². The van der Waals surface area contributed by atoms with Crippen LogP contribution in [0.3, 0.4) is 0 Å². The molecule has 6 rings (SSSR count). The van der Waals surface area contributed by atoms with Crippen LogP contribution in [0, 0.1) is 11.7 Å². The molecular weight excluding hydrogens is 593 g/mol.